The van der Waals surface area contributed by atoms with E-state index in [9.17, 15) is 4.79 Å². The van der Waals surface area contributed by atoms with Gasteiger partial charge in [0.1, 0.15) is 0 Å². The lowest BCUT2D eigenvalue weighted by atomic mass is 10.0. The molecule has 17 heavy (non-hydrogen) atoms. The molecule has 2 nitrogen and oxygen atoms in total. The summed E-state index contributed by atoms with van der Waals surface area (Å²) in [6.45, 7) is 5.92. The van der Waals surface area contributed by atoms with Gasteiger partial charge in [-0.1, -0.05) is 22.9 Å². The number of carbonyl (C=O) groups is 1. The Morgan fingerprint density at radius 2 is 2.12 bits per heavy atom. The summed E-state index contributed by atoms with van der Waals surface area (Å²) in [5.74, 6) is 0.761. The summed E-state index contributed by atoms with van der Waals surface area (Å²) in [6.07, 6.45) is 0. The Hall–Kier alpha value is -0.540. The maximum atomic E-state index is 12.0. The maximum absolute atomic E-state index is 12.0. The second kappa shape index (κ2) is 6.41. The number of amides is 1. The number of rotatable bonds is 4. The van der Waals surface area contributed by atoms with E-state index >= 15 is 0 Å². The highest BCUT2D eigenvalue weighted by Crippen LogP contribution is 2.16. The summed E-state index contributed by atoms with van der Waals surface area (Å²) in [6, 6.07) is 5.71. The monoisotopic (exact) mass is 317 g/mol. The number of halogens is 2. The third-order valence-corrected chi connectivity index (χ3v) is 3.87. The van der Waals surface area contributed by atoms with Gasteiger partial charge in [-0.15, -0.1) is 11.6 Å². The molecule has 2 atom stereocenters. The quantitative estimate of drug-likeness (QED) is 0.842. The van der Waals surface area contributed by atoms with Crippen LogP contribution in [0.5, 0.6) is 0 Å². The first kappa shape index (κ1) is 14.5. The van der Waals surface area contributed by atoms with Gasteiger partial charge in [0.15, 0.2) is 0 Å². The lowest BCUT2D eigenvalue weighted by molar-refractivity contribution is 0.0930. The molecule has 1 N–H and O–H groups in total. The van der Waals surface area contributed by atoms with Crippen molar-refractivity contribution < 1.29 is 4.79 Å². The van der Waals surface area contributed by atoms with Gasteiger partial charge in [-0.25, -0.2) is 0 Å². The fourth-order valence-electron chi connectivity index (χ4n) is 1.44. The van der Waals surface area contributed by atoms with E-state index in [0.717, 1.165) is 10.0 Å². The normalized spacial score (nSPS) is 14.2. The van der Waals surface area contributed by atoms with E-state index in [1.54, 1.807) is 0 Å². The molecular weight excluding hydrogens is 302 g/mol. The van der Waals surface area contributed by atoms with E-state index in [2.05, 4.69) is 21.2 Å². The van der Waals surface area contributed by atoms with Crippen molar-refractivity contribution in [2.45, 2.75) is 26.8 Å². The van der Waals surface area contributed by atoms with Crippen LogP contribution in [0, 0.1) is 12.8 Å². The Kier molecular flexibility index (Phi) is 5.47. The Morgan fingerprint density at radius 1 is 1.47 bits per heavy atom. The number of benzene rings is 1. The minimum Gasteiger partial charge on any atom is -0.349 e. The molecule has 2 unspecified atom stereocenters. The number of aryl methyl sites for hydroxylation is 1. The minimum absolute atomic E-state index is 0.0422. The molecule has 0 aliphatic carbocycles. The van der Waals surface area contributed by atoms with Crippen LogP contribution in [0.1, 0.15) is 29.8 Å². The molecule has 1 rings (SSSR count). The van der Waals surface area contributed by atoms with Gasteiger partial charge in [-0.05, 0) is 43.5 Å². The van der Waals surface area contributed by atoms with Gasteiger partial charge in [0.2, 0.25) is 0 Å². The van der Waals surface area contributed by atoms with Gasteiger partial charge >= 0.3 is 0 Å². The minimum atomic E-state index is -0.0422. The zero-order valence-electron chi connectivity index (χ0n) is 10.3. The number of carbonyl (C=O) groups excluding carboxylic acids is 1. The molecule has 0 fully saturated rings. The van der Waals surface area contributed by atoms with Crippen molar-refractivity contribution in [2.24, 2.45) is 5.92 Å². The predicted molar refractivity (Wildman–Crippen MR) is 75.7 cm³/mol. The van der Waals surface area contributed by atoms with E-state index < -0.39 is 0 Å². The van der Waals surface area contributed by atoms with Crippen molar-refractivity contribution in [3.05, 3.63) is 33.8 Å². The summed E-state index contributed by atoms with van der Waals surface area (Å²) in [4.78, 5) is 12.0. The molecule has 0 aromatic heterocycles. The van der Waals surface area contributed by atoms with Gasteiger partial charge in [0.25, 0.3) is 5.91 Å². The molecule has 1 aromatic rings. The number of alkyl halides is 1. The first-order valence-corrected chi connectivity index (χ1v) is 6.91. The third kappa shape index (κ3) is 4.00. The van der Waals surface area contributed by atoms with Crippen molar-refractivity contribution >= 4 is 33.4 Å². The van der Waals surface area contributed by atoms with Crippen molar-refractivity contribution in [1.29, 1.82) is 0 Å². The van der Waals surface area contributed by atoms with E-state index in [1.165, 1.54) is 0 Å². The average molecular weight is 319 g/mol. The zero-order chi connectivity index (χ0) is 13.0. The Bertz CT molecular complexity index is 408. The predicted octanol–water partition coefficient (Wildman–Crippen LogP) is 3.75. The van der Waals surface area contributed by atoms with Crippen LogP contribution in [0.3, 0.4) is 0 Å². The van der Waals surface area contributed by atoms with Crippen LogP contribution >= 0.6 is 27.5 Å². The molecule has 1 amide bonds. The van der Waals surface area contributed by atoms with Crippen LogP contribution < -0.4 is 5.32 Å². The zero-order valence-corrected chi connectivity index (χ0v) is 12.6. The van der Waals surface area contributed by atoms with Crippen LogP contribution in [0.4, 0.5) is 0 Å². The first-order chi connectivity index (χ1) is 7.95. The van der Waals surface area contributed by atoms with Crippen LogP contribution in [-0.2, 0) is 0 Å². The highest BCUT2D eigenvalue weighted by atomic mass is 79.9. The molecule has 0 saturated heterocycles. The molecule has 94 valence electrons. The molecule has 0 aliphatic rings. The molecular formula is C13H17BrClNO. The number of hydrogen-bond acceptors (Lipinski definition) is 1. The highest BCUT2D eigenvalue weighted by Gasteiger charge is 2.16. The largest absolute Gasteiger partial charge is 0.349 e. The molecule has 0 bridgehead atoms. The summed E-state index contributed by atoms with van der Waals surface area (Å²) >= 11 is 9.15. The molecule has 0 heterocycles. The summed E-state index contributed by atoms with van der Waals surface area (Å²) in [5.41, 5.74) is 1.67. The van der Waals surface area contributed by atoms with Gasteiger partial charge in [0, 0.05) is 22.0 Å². The van der Waals surface area contributed by atoms with Crippen LogP contribution in [-0.4, -0.2) is 17.8 Å². The Labute approximate surface area is 116 Å². The second-order valence-corrected chi connectivity index (χ2v) is 5.58. The Morgan fingerprint density at radius 3 is 2.65 bits per heavy atom. The number of hydrogen-bond donors (Lipinski definition) is 1. The summed E-state index contributed by atoms with van der Waals surface area (Å²) in [5, 5.41) is 2.97. The van der Waals surface area contributed by atoms with E-state index in [0.29, 0.717) is 11.4 Å². The standard InChI is InChI=1S/C13H17BrClNO/c1-8-6-11(14)4-5-12(8)13(17)16-10(3)9(2)7-15/h4-6,9-10H,7H2,1-3H3,(H,16,17). The van der Waals surface area contributed by atoms with Crippen LogP contribution in [0.25, 0.3) is 0 Å². The van der Waals surface area contributed by atoms with Crippen molar-refractivity contribution in [1.82, 2.24) is 5.32 Å². The molecule has 0 radical (unpaired) electrons. The molecule has 4 heteroatoms. The second-order valence-electron chi connectivity index (χ2n) is 4.35. The van der Waals surface area contributed by atoms with Gasteiger partial charge in [-0.3, -0.25) is 4.79 Å². The Balaban J connectivity index is 2.76. The van der Waals surface area contributed by atoms with Gasteiger partial charge in [-0.2, -0.15) is 0 Å². The SMILES string of the molecule is Cc1cc(Br)ccc1C(=O)NC(C)C(C)CCl. The lowest BCUT2D eigenvalue weighted by Gasteiger charge is -2.19. The molecule has 0 saturated carbocycles. The summed E-state index contributed by atoms with van der Waals surface area (Å²) < 4.78 is 0.980. The van der Waals surface area contributed by atoms with E-state index in [-0.39, 0.29) is 17.9 Å². The van der Waals surface area contributed by atoms with Crippen LogP contribution in [0.15, 0.2) is 22.7 Å². The maximum Gasteiger partial charge on any atom is 0.251 e. The van der Waals surface area contributed by atoms with E-state index in [1.807, 2.05) is 39.0 Å². The van der Waals surface area contributed by atoms with Crippen molar-refractivity contribution in [3.63, 3.8) is 0 Å². The first-order valence-electron chi connectivity index (χ1n) is 5.58. The van der Waals surface area contributed by atoms with Gasteiger partial charge < -0.3 is 5.32 Å². The molecule has 1 aromatic carbocycles. The number of nitrogens with one attached hydrogen (secondary N) is 1. The van der Waals surface area contributed by atoms with Gasteiger partial charge in [0.05, 0.1) is 0 Å². The van der Waals surface area contributed by atoms with Crippen LogP contribution in [0.2, 0.25) is 0 Å². The molecule has 0 spiro atoms. The fraction of sp³-hybridized carbons (Fsp3) is 0.462. The topological polar surface area (TPSA) is 29.1 Å². The average Bonchev–Trinajstić information content (AvgIpc) is 2.27. The van der Waals surface area contributed by atoms with E-state index in [4.69, 9.17) is 11.6 Å². The third-order valence-electron chi connectivity index (χ3n) is 2.89. The van der Waals surface area contributed by atoms with Crippen molar-refractivity contribution in [3.8, 4) is 0 Å². The smallest absolute Gasteiger partial charge is 0.251 e. The van der Waals surface area contributed by atoms with Crippen molar-refractivity contribution in [2.75, 3.05) is 5.88 Å². The summed E-state index contributed by atoms with van der Waals surface area (Å²) in [7, 11) is 0. The fourth-order valence-corrected chi connectivity index (χ4v) is 2.19. The molecule has 0 aliphatic heterocycles. The lowest BCUT2D eigenvalue weighted by Crippen LogP contribution is -2.38. The highest BCUT2D eigenvalue weighted by molar-refractivity contribution is 9.10.